The van der Waals surface area contributed by atoms with Crippen LogP contribution in [0.4, 0.5) is 0 Å². The molecule has 0 bridgehead atoms. The lowest BCUT2D eigenvalue weighted by Gasteiger charge is -2.27. The van der Waals surface area contributed by atoms with Crippen LogP contribution in [0.2, 0.25) is 0 Å². The van der Waals surface area contributed by atoms with Crippen molar-refractivity contribution in [2.45, 2.75) is 282 Å². The number of unbranched alkanes of at least 4 members (excludes halogenated alkanes) is 34. The summed E-state index contributed by atoms with van der Waals surface area (Å²) in [5, 5.41) is 43.8. The van der Waals surface area contributed by atoms with Crippen LogP contribution in [0, 0.1) is 0 Å². The Hall–Kier alpha value is -0.690. The van der Waals surface area contributed by atoms with E-state index in [0.29, 0.717) is 12.8 Å². The summed E-state index contributed by atoms with van der Waals surface area (Å²) in [6.45, 7) is 4.08. The highest BCUT2D eigenvalue weighted by Crippen LogP contribution is 2.17. The fourth-order valence-electron chi connectivity index (χ4n) is 7.58. The molecule has 312 valence electrons. The quantitative estimate of drug-likeness (QED) is 0.0400. The van der Waals surface area contributed by atoms with Crippen LogP contribution in [0.3, 0.4) is 0 Å². The smallest absolute Gasteiger partial charge is 0.249 e. The molecule has 0 saturated heterocycles. The summed E-state index contributed by atoms with van der Waals surface area (Å²) in [7, 11) is 0. The summed E-state index contributed by atoms with van der Waals surface area (Å²) >= 11 is 0. The van der Waals surface area contributed by atoms with E-state index in [0.717, 1.165) is 38.5 Å². The molecule has 4 atom stereocenters. The van der Waals surface area contributed by atoms with E-state index in [4.69, 9.17) is 0 Å². The lowest BCUT2D eigenvalue weighted by Crippen LogP contribution is -2.53. The topological polar surface area (TPSA) is 110 Å². The third kappa shape index (κ3) is 35.0. The Balaban J connectivity index is 3.67. The van der Waals surface area contributed by atoms with Crippen molar-refractivity contribution in [3.05, 3.63) is 0 Å². The summed E-state index contributed by atoms with van der Waals surface area (Å²) in [6, 6.07) is -0.979. The first kappa shape index (κ1) is 51.3. The van der Waals surface area contributed by atoms with Crippen molar-refractivity contribution in [3.8, 4) is 0 Å². The minimum Gasteiger partial charge on any atom is -0.394 e. The fourth-order valence-corrected chi connectivity index (χ4v) is 7.58. The first-order valence-electron chi connectivity index (χ1n) is 23.4. The number of carbonyl (C=O) groups is 1. The van der Waals surface area contributed by atoms with Gasteiger partial charge in [0.2, 0.25) is 5.91 Å². The molecule has 0 radical (unpaired) electrons. The molecular weight excluding hydrogens is 647 g/mol. The van der Waals surface area contributed by atoms with E-state index in [1.54, 1.807) is 0 Å². The predicted octanol–water partition coefficient (Wildman–Crippen LogP) is 12.4. The van der Waals surface area contributed by atoms with Crippen LogP contribution in [0.5, 0.6) is 0 Å². The van der Waals surface area contributed by atoms with Crippen molar-refractivity contribution in [2.24, 2.45) is 0 Å². The van der Waals surface area contributed by atoms with Gasteiger partial charge in [0.05, 0.1) is 18.8 Å². The molecule has 0 fully saturated rings. The first-order chi connectivity index (χ1) is 25.5. The maximum atomic E-state index is 12.5. The van der Waals surface area contributed by atoms with E-state index in [-0.39, 0.29) is 0 Å². The number of nitrogens with one attached hydrogen (secondary N) is 1. The zero-order valence-electron chi connectivity index (χ0n) is 35.1. The van der Waals surface area contributed by atoms with Gasteiger partial charge in [-0.1, -0.05) is 245 Å². The molecule has 0 aliphatic heterocycles. The second kappa shape index (κ2) is 41.5. The van der Waals surface area contributed by atoms with Gasteiger partial charge >= 0.3 is 0 Å². The van der Waals surface area contributed by atoms with Crippen molar-refractivity contribution in [1.82, 2.24) is 5.32 Å². The normalized spacial score (nSPS) is 14.0. The average molecular weight is 740 g/mol. The molecule has 52 heavy (non-hydrogen) atoms. The monoisotopic (exact) mass is 740 g/mol. The minimum absolute atomic E-state index is 0.376. The van der Waals surface area contributed by atoms with Crippen LogP contribution in [-0.4, -0.2) is 57.3 Å². The van der Waals surface area contributed by atoms with E-state index in [1.807, 2.05) is 0 Å². The Kier molecular flexibility index (Phi) is 40.9. The van der Waals surface area contributed by atoms with Crippen molar-refractivity contribution >= 4 is 5.91 Å². The minimum atomic E-state index is -1.25. The van der Waals surface area contributed by atoms with Crippen molar-refractivity contribution < 1.29 is 25.2 Å². The van der Waals surface area contributed by atoms with Gasteiger partial charge in [-0.05, 0) is 12.8 Å². The molecule has 0 rings (SSSR count). The standard InChI is InChI=1S/C46H93NO5/c1-3-5-7-9-11-13-15-17-19-21-23-25-27-29-31-33-35-37-39-43(49)45(51)42(41-48)47-46(52)44(50)40-38-36-34-32-30-28-26-24-22-20-18-16-14-12-10-8-6-4-2/h42-45,48-51H,3-41H2,1-2H3,(H,47,52). The Bertz CT molecular complexity index is 706. The van der Waals surface area contributed by atoms with Crippen LogP contribution < -0.4 is 5.32 Å². The van der Waals surface area contributed by atoms with E-state index in [2.05, 4.69) is 19.2 Å². The first-order valence-corrected chi connectivity index (χ1v) is 23.4. The molecule has 6 nitrogen and oxygen atoms in total. The van der Waals surface area contributed by atoms with E-state index in [9.17, 15) is 25.2 Å². The molecule has 0 aromatic carbocycles. The number of aliphatic hydroxyl groups is 4. The summed E-state index contributed by atoms with van der Waals surface area (Å²) < 4.78 is 0. The molecule has 0 saturated carbocycles. The second-order valence-corrected chi connectivity index (χ2v) is 16.5. The van der Waals surface area contributed by atoms with Crippen molar-refractivity contribution in [2.75, 3.05) is 6.61 Å². The van der Waals surface area contributed by atoms with Gasteiger partial charge < -0.3 is 25.7 Å². The van der Waals surface area contributed by atoms with Gasteiger partial charge in [-0.25, -0.2) is 0 Å². The third-order valence-electron chi connectivity index (χ3n) is 11.3. The number of amides is 1. The van der Waals surface area contributed by atoms with Gasteiger partial charge in [-0.3, -0.25) is 4.79 Å². The summed E-state index contributed by atoms with van der Waals surface area (Å²) in [5.41, 5.74) is 0. The van der Waals surface area contributed by atoms with E-state index < -0.39 is 36.9 Å². The van der Waals surface area contributed by atoms with E-state index in [1.165, 1.54) is 193 Å². The Morgan fingerprint density at radius 1 is 0.404 bits per heavy atom. The Morgan fingerprint density at radius 2 is 0.654 bits per heavy atom. The maximum Gasteiger partial charge on any atom is 0.249 e. The molecule has 0 aliphatic carbocycles. The largest absolute Gasteiger partial charge is 0.394 e. The van der Waals surface area contributed by atoms with Crippen molar-refractivity contribution in [1.29, 1.82) is 0 Å². The van der Waals surface area contributed by atoms with Gasteiger partial charge in [-0.2, -0.15) is 0 Å². The van der Waals surface area contributed by atoms with Gasteiger partial charge in [0.25, 0.3) is 0 Å². The average Bonchev–Trinajstić information content (AvgIpc) is 3.15. The van der Waals surface area contributed by atoms with E-state index >= 15 is 0 Å². The number of carbonyl (C=O) groups excluding carboxylic acids is 1. The predicted molar refractivity (Wildman–Crippen MR) is 224 cm³/mol. The lowest BCUT2D eigenvalue weighted by atomic mass is 9.99. The molecule has 0 aromatic rings. The Labute approximate surface area is 324 Å². The summed E-state index contributed by atoms with van der Waals surface area (Å²) in [5.74, 6) is -0.578. The molecular formula is C46H93NO5. The molecule has 0 aliphatic rings. The number of hydrogen-bond donors (Lipinski definition) is 5. The van der Waals surface area contributed by atoms with Gasteiger partial charge in [-0.15, -0.1) is 0 Å². The zero-order valence-corrected chi connectivity index (χ0v) is 35.1. The maximum absolute atomic E-state index is 12.5. The molecule has 0 spiro atoms. The molecule has 0 heterocycles. The number of rotatable bonds is 43. The number of hydrogen-bond acceptors (Lipinski definition) is 5. The van der Waals surface area contributed by atoms with Crippen LogP contribution in [0.25, 0.3) is 0 Å². The van der Waals surface area contributed by atoms with Gasteiger partial charge in [0, 0.05) is 0 Å². The highest BCUT2D eigenvalue weighted by Gasteiger charge is 2.28. The van der Waals surface area contributed by atoms with Gasteiger partial charge in [0.1, 0.15) is 12.2 Å². The molecule has 6 heteroatoms. The van der Waals surface area contributed by atoms with Crippen LogP contribution >= 0.6 is 0 Å². The van der Waals surface area contributed by atoms with Crippen LogP contribution in [0.15, 0.2) is 0 Å². The molecule has 0 aromatic heterocycles. The SMILES string of the molecule is CCCCCCCCCCCCCCCCCCCCC(O)C(=O)NC(CO)C(O)C(O)CCCCCCCCCCCCCCCCCCCC. The van der Waals surface area contributed by atoms with Crippen molar-refractivity contribution in [3.63, 3.8) is 0 Å². The second-order valence-electron chi connectivity index (χ2n) is 16.5. The highest BCUT2D eigenvalue weighted by atomic mass is 16.3. The van der Waals surface area contributed by atoms with Crippen LogP contribution in [-0.2, 0) is 4.79 Å². The molecule has 4 unspecified atom stereocenters. The fraction of sp³-hybridized carbons (Fsp3) is 0.978. The van der Waals surface area contributed by atoms with Crippen LogP contribution in [0.1, 0.15) is 258 Å². The lowest BCUT2D eigenvalue weighted by molar-refractivity contribution is -0.132. The van der Waals surface area contributed by atoms with Gasteiger partial charge in [0.15, 0.2) is 0 Å². The summed E-state index contributed by atoms with van der Waals surface area (Å²) in [6.07, 6.45) is 44.2. The highest BCUT2D eigenvalue weighted by molar-refractivity contribution is 5.80. The molecule has 5 N–H and O–H groups in total. The Morgan fingerprint density at radius 3 is 0.923 bits per heavy atom. The number of aliphatic hydroxyl groups excluding tert-OH is 4. The molecule has 1 amide bonds. The third-order valence-corrected chi connectivity index (χ3v) is 11.3. The summed E-state index contributed by atoms with van der Waals surface area (Å²) in [4.78, 5) is 12.5. The zero-order chi connectivity index (χ0) is 38.2.